The molecule has 1 unspecified atom stereocenters. The van der Waals surface area contributed by atoms with Crippen LogP contribution in [0.4, 0.5) is 0 Å². The van der Waals surface area contributed by atoms with Crippen molar-refractivity contribution < 1.29 is 145 Å². The minimum atomic E-state index is -3.83. The number of phenolic OH excluding ortho intramolecular Hbond substituents is 2. The fourth-order valence-electron chi connectivity index (χ4n) is 10.1. The van der Waals surface area contributed by atoms with Gasteiger partial charge in [-0.1, -0.05) is 39.8 Å². The van der Waals surface area contributed by atoms with E-state index >= 15 is 0 Å². The quantitative estimate of drug-likeness (QED) is 0.0752. The van der Waals surface area contributed by atoms with E-state index in [0.29, 0.717) is 56.8 Å². The smallest absolute Gasteiger partial charge is 0.534 e. The molecule has 1 atom stereocenters. The molecule has 2 aliphatic carbocycles. The molecule has 1 spiro atoms. The molecule has 344 valence electrons. The molecule has 71 heavy (non-hydrogen) atoms. The molecule has 0 heterocycles. The molecule has 12 heteroatoms. The molecule has 10 rings (SSSR count). The number of ketones is 2. The van der Waals surface area contributed by atoms with Crippen LogP contribution in [0.5, 0.6) is 46.0 Å². The molecular formula is C59H46K2O9S. The van der Waals surface area contributed by atoms with E-state index in [1.165, 1.54) is 70.8 Å². The number of hydrogen-bond donors (Lipinski definition) is 2. The van der Waals surface area contributed by atoms with Crippen molar-refractivity contribution in [2.24, 2.45) is 0 Å². The molecule has 8 aromatic rings. The summed E-state index contributed by atoms with van der Waals surface area (Å²) in [6.45, 7) is 9.22. The standard InChI is InChI=1S/C59H46O9S.2K/c1-57(2)35-59(53-33-47(25-31-51(53)57)67-44-19-9-38(10-20-44)55(62)37-5-13-41(60)14-6-37)36-58(3,4)52-32-26-48(34-54(52)59)68-45-21-11-40(12-22-45)56(63)39-7-17-43(18-8-39)66-46-23-29-50(30-24-46)69(64,65)49-27-15-42(61)16-28-49;;/h5-15,17-23,25-34,60-61H,35-36H2,1-4H3;;/q-2;2*+1. The van der Waals surface area contributed by atoms with Crippen LogP contribution in [0.2, 0.25) is 0 Å². The van der Waals surface area contributed by atoms with Crippen molar-refractivity contribution >= 4 is 21.4 Å². The molecule has 2 N–H and O–H groups in total. The second-order valence-corrected chi connectivity index (χ2v) is 21.0. The van der Waals surface area contributed by atoms with Crippen LogP contribution < -0.4 is 117 Å². The number of sulfone groups is 1. The van der Waals surface area contributed by atoms with Crippen molar-refractivity contribution in [1.82, 2.24) is 0 Å². The van der Waals surface area contributed by atoms with Gasteiger partial charge in [0.15, 0.2) is 11.6 Å². The maximum Gasteiger partial charge on any atom is 1.00 e. The van der Waals surface area contributed by atoms with E-state index in [-0.39, 0.29) is 152 Å². The van der Waals surface area contributed by atoms with Crippen molar-refractivity contribution in [3.8, 4) is 46.0 Å². The van der Waals surface area contributed by atoms with E-state index in [2.05, 4.69) is 64.1 Å². The second kappa shape index (κ2) is 20.7. The summed E-state index contributed by atoms with van der Waals surface area (Å²) in [6, 6.07) is 53.2. The number of ether oxygens (including phenoxy) is 3. The van der Waals surface area contributed by atoms with Crippen LogP contribution >= 0.6 is 0 Å². The third-order valence-electron chi connectivity index (χ3n) is 13.3. The predicted molar refractivity (Wildman–Crippen MR) is 261 cm³/mol. The van der Waals surface area contributed by atoms with Gasteiger partial charge in [0.05, 0.1) is 0 Å². The van der Waals surface area contributed by atoms with Gasteiger partial charge in [0.2, 0.25) is 0 Å². The summed E-state index contributed by atoms with van der Waals surface area (Å²) in [5, 5.41) is 19.1. The summed E-state index contributed by atoms with van der Waals surface area (Å²) in [6.07, 6.45) is 1.83. The number of benzene rings is 8. The van der Waals surface area contributed by atoms with Crippen molar-refractivity contribution in [2.75, 3.05) is 0 Å². The number of hydrogen-bond acceptors (Lipinski definition) is 9. The van der Waals surface area contributed by atoms with Gasteiger partial charge in [0.25, 0.3) is 0 Å². The van der Waals surface area contributed by atoms with Crippen LogP contribution in [0.3, 0.4) is 0 Å². The Labute approximate surface area is 499 Å². The molecule has 2 aliphatic rings. The molecule has 0 aromatic heterocycles. The van der Waals surface area contributed by atoms with Crippen molar-refractivity contribution in [3.05, 3.63) is 226 Å². The molecule has 0 saturated heterocycles. The normalized spacial score (nSPS) is 15.9. The van der Waals surface area contributed by atoms with E-state index < -0.39 is 9.84 Å². The van der Waals surface area contributed by atoms with Crippen molar-refractivity contribution in [1.29, 1.82) is 0 Å². The van der Waals surface area contributed by atoms with Crippen molar-refractivity contribution in [2.45, 2.75) is 66.6 Å². The molecular weight excluding hydrogens is 963 g/mol. The number of rotatable bonds is 12. The Morgan fingerprint density at radius 2 is 0.845 bits per heavy atom. The van der Waals surface area contributed by atoms with Gasteiger partial charge in [0.1, 0.15) is 44.3 Å². The van der Waals surface area contributed by atoms with E-state index in [9.17, 15) is 28.2 Å². The molecule has 0 radical (unpaired) electrons. The number of fused-ring (bicyclic) bond motifs is 4. The van der Waals surface area contributed by atoms with Gasteiger partial charge in [0, 0.05) is 39.2 Å². The summed E-state index contributed by atoms with van der Waals surface area (Å²) in [5.41, 5.74) is 6.49. The predicted octanol–water partition coefficient (Wildman–Crippen LogP) is 7.03. The van der Waals surface area contributed by atoms with Crippen LogP contribution in [0.1, 0.15) is 94.6 Å². The first-order valence-electron chi connectivity index (χ1n) is 22.5. The van der Waals surface area contributed by atoms with E-state index in [0.717, 1.165) is 12.8 Å². The van der Waals surface area contributed by atoms with Gasteiger partial charge in [-0.15, -0.1) is 24.3 Å². The number of carbonyl (C=O) groups excluding carboxylic acids is 2. The topological polar surface area (TPSA) is 136 Å². The zero-order valence-corrected chi connectivity index (χ0v) is 47.3. The summed E-state index contributed by atoms with van der Waals surface area (Å²) in [5.74, 6) is 3.00. The second-order valence-electron chi connectivity index (χ2n) is 19.0. The Bertz CT molecular complexity index is 3390. The minimum Gasteiger partial charge on any atom is -0.534 e. The Morgan fingerprint density at radius 1 is 0.465 bits per heavy atom. The van der Waals surface area contributed by atoms with E-state index in [1.807, 2.05) is 12.1 Å². The minimum absolute atomic E-state index is 0. The molecule has 0 fully saturated rings. The van der Waals surface area contributed by atoms with Gasteiger partial charge in [-0.05, 0) is 177 Å². The molecule has 0 bridgehead atoms. The summed E-state index contributed by atoms with van der Waals surface area (Å²) in [7, 11) is -3.83. The van der Waals surface area contributed by atoms with Crippen LogP contribution in [-0.2, 0) is 26.1 Å². The zero-order chi connectivity index (χ0) is 48.3. The van der Waals surface area contributed by atoms with Gasteiger partial charge < -0.3 is 24.4 Å². The largest absolute Gasteiger partial charge is 1.00 e. The third kappa shape index (κ3) is 10.6. The first kappa shape index (κ1) is 52.6. The van der Waals surface area contributed by atoms with Gasteiger partial charge in [-0.3, -0.25) is 9.59 Å². The molecule has 9 nitrogen and oxygen atoms in total. The monoisotopic (exact) mass is 1010 g/mol. The first-order chi connectivity index (χ1) is 33.0. The zero-order valence-electron chi connectivity index (χ0n) is 40.2. The Kier molecular flexibility index (Phi) is 15.3. The summed E-state index contributed by atoms with van der Waals surface area (Å²) in [4.78, 5) is 26.6. The maximum absolute atomic E-state index is 13.6. The first-order valence-corrected chi connectivity index (χ1v) is 24.0. The van der Waals surface area contributed by atoms with Crippen LogP contribution in [0.25, 0.3) is 0 Å². The molecule has 0 saturated carbocycles. The number of carbonyl (C=O) groups is 2. The Balaban J connectivity index is 0.00000338. The molecule has 0 amide bonds. The van der Waals surface area contributed by atoms with Crippen molar-refractivity contribution in [3.63, 3.8) is 0 Å². The summed E-state index contributed by atoms with van der Waals surface area (Å²) >= 11 is 0. The molecule has 8 aromatic carbocycles. The SMILES string of the molecule is CC1(C)CC2(CC(C)(C)c3ccc(Oc4ccc(C(=O)c5ccc(Oc6[c-]cc(S(=O)(=O)c7c[c-]c(O)cc7)cc6)cc5)cc4)cc32)c2cc(Oc3ccc(C(=O)c4ccc(O)cc4)cc3)ccc21.[K+].[K+]. The van der Waals surface area contributed by atoms with E-state index in [4.69, 9.17) is 14.2 Å². The Hall–Kier alpha value is -4.68. The Morgan fingerprint density at radius 3 is 1.24 bits per heavy atom. The fraction of sp³-hybridized carbons (Fsp3) is 0.153. The van der Waals surface area contributed by atoms with Crippen LogP contribution in [0.15, 0.2) is 180 Å². The van der Waals surface area contributed by atoms with Gasteiger partial charge >= 0.3 is 103 Å². The fourth-order valence-corrected chi connectivity index (χ4v) is 11.3. The average Bonchev–Trinajstić information content (AvgIpc) is 3.71. The average molecular weight is 1010 g/mol. The van der Waals surface area contributed by atoms with Gasteiger partial charge in [-0.2, -0.15) is 24.3 Å². The summed E-state index contributed by atoms with van der Waals surface area (Å²) < 4.78 is 44.8. The molecule has 0 aliphatic heterocycles. The third-order valence-corrected chi connectivity index (χ3v) is 15.0. The van der Waals surface area contributed by atoms with E-state index in [1.54, 1.807) is 84.9 Å². The number of phenols is 2. The van der Waals surface area contributed by atoms with Crippen LogP contribution in [-0.4, -0.2) is 30.2 Å². The van der Waals surface area contributed by atoms with Gasteiger partial charge in [-0.25, -0.2) is 8.42 Å². The number of aromatic hydroxyl groups is 2. The van der Waals surface area contributed by atoms with Crippen LogP contribution in [0, 0.1) is 12.1 Å². The maximum atomic E-state index is 13.6.